The molecule has 2 atom stereocenters. The molecule has 156 valence electrons. The van der Waals surface area contributed by atoms with Crippen LogP contribution in [-0.4, -0.2) is 26.6 Å². The quantitative estimate of drug-likeness (QED) is 0.586. The van der Waals surface area contributed by atoms with Crippen LogP contribution in [0.25, 0.3) is 5.69 Å². The van der Waals surface area contributed by atoms with Gasteiger partial charge in [0.25, 0.3) is 0 Å². The molecule has 0 radical (unpaired) electrons. The van der Waals surface area contributed by atoms with Crippen molar-refractivity contribution in [1.29, 1.82) is 0 Å². The second kappa shape index (κ2) is 7.43. The van der Waals surface area contributed by atoms with E-state index in [4.69, 9.17) is 12.2 Å². The molecule has 30 heavy (non-hydrogen) atoms. The highest BCUT2D eigenvalue weighted by atomic mass is 32.1. The van der Waals surface area contributed by atoms with Gasteiger partial charge in [-0.15, -0.1) is 0 Å². The minimum Gasteiger partial charge on any atom is -0.352 e. The van der Waals surface area contributed by atoms with E-state index in [2.05, 4.69) is 10.3 Å². The van der Waals surface area contributed by atoms with Crippen molar-refractivity contribution in [3.05, 3.63) is 82.9 Å². The van der Waals surface area contributed by atoms with Crippen molar-refractivity contribution < 1.29 is 13.2 Å². The van der Waals surface area contributed by atoms with Crippen molar-refractivity contribution >= 4 is 17.3 Å². The highest BCUT2D eigenvalue weighted by molar-refractivity contribution is 7.80. The number of thiocarbonyl (C=S) groups is 1. The van der Waals surface area contributed by atoms with Gasteiger partial charge in [-0.05, 0) is 62.0 Å². The van der Waals surface area contributed by atoms with Crippen molar-refractivity contribution in [3.8, 4) is 5.69 Å². The second-order valence-corrected chi connectivity index (χ2v) is 7.80. The Kier molecular flexibility index (Phi) is 5.05. The third-order valence-electron chi connectivity index (χ3n) is 5.58. The van der Waals surface area contributed by atoms with Gasteiger partial charge in [-0.25, -0.2) is 0 Å². The van der Waals surface area contributed by atoms with Gasteiger partial charge in [-0.3, -0.25) is 4.98 Å². The Bertz CT molecular complexity index is 1090. The molecule has 4 rings (SSSR count). The van der Waals surface area contributed by atoms with Crippen LogP contribution in [0.3, 0.4) is 0 Å². The number of aryl methyl sites for hydroxylation is 1. The SMILES string of the molecule is Cc1cc([C@@H]2[C@H](c3ccccn3)NC(=S)N2C)c(C)n1-c1ccccc1C(F)(F)F. The van der Waals surface area contributed by atoms with Crippen molar-refractivity contribution in [2.45, 2.75) is 32.1 Å². The lowest BCUT2D eigenvalue weighted by Crippen LogP contribution is -2.25. The number of para-hydroxylation sites is 1. The average Bonchev–Trinajstić information content (AvgIpc) is 3.17. The molecule has 4 nitrogen and oxygen atoms in total. The van der Waals surface area contributed by atoms with Gasteiger partial charge in [0.05, 0.1) is 29.0 Å². The summed E-state index contributed by atoms with van der Waals surface area (Å²) in [5, 5.41) is 3.89. The van der Waals surface area contributed by atoms with E-state index in [1.165, 1.54) is 12.1 Å². The summed E-state index contributed by atoms with van der Waals surface area (Å²) in [4.78, 5) is 6.41. The van der Waals surface area contributed by atoms with E-state index in [-0.39, 0.29) is 17.8 Å². The van der Waals surface area contributed by atoms with Crippen LogP contribution in [0, 0.1) is 13.8 Å². The van der Waals surface area contributed by atoms with Crippen LogP contribution in [0.5, 0.6) is 0 Å². The molecule has 0 bridgehead atoms. The molecular formula is C22H21F3N4S. The van der Waals surface area contributed by atoms with E-state index in [1.807, 2.05) is 50.1 Å². The third-order valence-corrected chi connectivity index (χ3v) is 5.98. The molecule has 1 aromatic carbocycles. The highest BCUT2D eigenvalue weighted by Gasteiger charge is 2.40. The zero-order chi connectivity index (χ0) is 21.6. The lowest BCUT2D eigenvalue weighted by Gasteiger charge is -2.25. The molecule has 1 N–H and O–H groups in total. The summed E-state index contributed by atoms with van der Waals surface area (Å²) in [7, 11) is 1.89. The first-order valence-electron chi connectivity index (χ1n) is 9.50. The Morgan fingerprint density at radius 1 is 1.07 bits per heavy atom. The lowest BCUT2D eigenvalue weighted by molar-refractivity contribution is -0.137. The summed E-state index contributed by atoms with van der Waals surface area (Å²) < 4.78 is 42.6. The summed E-state index contributed by atoms with van der Waals surface area (Å²) in [5.41, 5.74) is 2.67. The Labute approximate surface area is 178 Å². The number of aromatic nitrogens is 2. The zero-order valence-corrected chi connectivity index (χ0v) is 17.6. The first-order chi connectivity index (χ1) is 14.2. The maximum atomic E-state index is 13.6. The summed E-state index contributed by atoms with van der Waals surface area (Å²) in [5.74, 6) is 0. The van der Waals surface area contributed by atoms with Crippen molar-refractivity contribution in [1.82, 2.24) is 19.8 Å². The standard InChI is InChI=1S/C22H21F3N4S/c1-13-12-15(14(2)29(13)18-10-5-4-8-16(18)22(23,24)25)20-19(27-21(30)28(20)3)17-9-6-7-11-26-17/h4-12,19-20H,1-3H3,(H,27,30)/t19-,20+/m0/s1. The molecule has 1 aliphatic rings. The van der Waals surface area contributed by atoms with Gasteiger partial charge in [-0.1, -0.05) is 18.2 Å². The first kappa shape index (κ1) is 20.4. The van der Waals surface area contributed by atoms with E-state index in [0.717, 1.165) is 28.7 Å². The number of alkyl halides is 3. The molecule has 0 aliphatic carbocycles. The number of rotatable bonds is 3. The monoisotopic (exact) mass is 430 g/mol. The lowest BCUT2D eigenvalue weighted by atomic mass is 9.97. The van der Waals surface area contributed by atoms with Gasteiger partial charge in [0, 0.05) is 24.6 Å². The molecule has 0 saturated carbocycles. The molecule has 8 heteroatoms. The van der Waals surface area contributed by atoms with Crippen LogP contribution in [0.15, 0.2) is 54.7 Å². The number of hydrogen-bond acceptors (Lipinski definition) is 2. The van der Waals surface area contributed by atoms with Gasteiger partial charge in [0.15, 0.2) is 5.11 Å². The predicted molar refractivity (Wildman–Crippen MR) is 113 cm³/mol. The van der Waals surface area contributed by atoms with Gasteiger partial charge in [0.2, 0.25) is 0 Å². The van der Waals surface area contributed by atoms with Crippen LogP contribution in [0.1, 0.15) is 40.3 Å². The fourth-order valence-electron chi connectivity index (χ4n) is 4.21. The number of pyridine rings is 1. The summed E-state index contributed by atoms with van der Waals surface area (Å²) in [6.45, 7) is 3.67. The number of nitrogens with one attached hydrogen (secondary N) is 1. The van der Waals surface area contributed by atoms with Crippen molar-refractivity contribution in [3.63, 3.8) is 0 Å². The van der Waals surface area contributed by atoms with Crippen molar-refractivity contribution in [2.24, 2.45) is 0 Å². The minimum atomic E-state index is -4.44. The number of benzene rings is 1. The summed E-state index contributed by atoms with van der Waals surface area (Å²) in [6, 6.07) is 12.9. The zero-order valence-electron chi connectivity index (χ0n) is 16.7. The Morgan fingerprint density at radius 2 is 1.77 bits per heavy atom. The number of halogens is 3. The molecule has 0 unspecified atom stereocenters. The van der Waals surface area contributed by atoms with Gasteiger partial charge < -0.3 is 14.8 Å². The molecule has 1 aliphatic heterocycles. The van der Waals surface area contributed by atoms with Gasteiger partial charge >= 0.3 is 6.18 Å². The third kappa shape index (κ3) is 3.35. The molecule has 1 saturated heterocycles. The number of likely N-dealkylation sites (N-methyl/N-ethyl adjacent to an activating group) is 1. The fraction of sp³-hybridized carbons (Fsp3) is 0.273. The Morgan fingerprint density at radius 3 is 2.43 bits per heavy atom. The normalized spacial score (nSPS) is 19.3. The maximum absolute atomic E-state index is 13.6. The van der Waals surface area contributed by atoms with E-state index < -0.39 is 11.7 Å². The average molecular weight is 430 g/mol. The minimum absolute atomic E-state index is 0.122. The number of nitrogens with zero attached hydrogens (tertiary/aromatic N) is 3. The second-order valence-electron chi connectivity index (χ2n) is 7.41. The van der Waals surface area contributed by atoms with Crippen LogP contribution in [-0.2, 0) is 6.18 Å². The van der Waals surface area contributed by atoms with E-state index in [0.29, 0.717) is 5.11 Å². The van der Waals surface area contributed by atoms with E-state index in [1.54, 1.807) is 16.8 Å². The Hall–Kier alpha value is -2.87. The van der Waals surface area contributed by atoms with Crippen LogP contribution < -0.4 is 5.32 Å². The predicted octanol–water partition coefficient (Wildman–Crippen LogP) is 5.11. The molecule has 3 aromatic rings. The molecule has 2 aromatic heterocycles. The van der Waals surface area contributed by atoms with E-state index >= 15 is 0 Å². The maximum Gasteiger partial charge on any atom is 0.418 e. The van der Waals surface area contributed by atoms with Crippen molar-refractivity contribution in [2.75, 3.05) is 7.05 Å². The molecule has 1 fully saturated rings. The van der Waals surface area contributed by atoms with Gasteiger partial charge in [-0.2, -0.15) is 13.2 Å². The summed E-state index contributed by atoms with van der Waals surface area (Å²) >= 11 is 5.47. The highest BCUT2D eigenvalue weighted by Crippen LogP contribution is 2.41. The Balaban J connectivity index is 1.86. The first-order valence-corrected chi connectivity index (χ1v) is 9.90. The molecule has 0 spiro atoms. The van der Waals surface area contributed by atoms with Crippen LogP contribution in [0.4, 0.5) is 13.2 Å². The van der Waals surface area contributed by atoms with Gasteiger partial charge in [0.1, 0.15) is 0 Å². The van der Waals surface area contributed by atoms with Crippen LogP contribution in [0.2, 0.25) is 0 Å². The topological polar surface area (TPSA) is 33.1 Å². The largest absolute Gasteiger partial charge is 0.418 e. The van der Waals surface area contributed by atoms with E-state index in [9.17, 15) is 13.2 Å². The fourth-order valence-corrected chi connectivity index (χ4v) is 4.45. The smallest absolute Gasteiger partial charge is 0.352 e. The van der Waals surface area contributed by atoms with Crippen LogP contribution >= 0.6 is 12.2 Å². The molecule has 3 heterocycles. The number of hydrogen-bond donors (Lipinski definition) is 1. The molecule has 0 amide bonds. The summed E-state index contributed by atoms with van der Waals surface area (Å²) in [6.07, 6.45) is -2.72. The molecular weight excluding hydrogens is 409 g/mol.